The number of amides is 1. The van der Waals surface area contributed by atoms with E-state index >= 15 is 0 Å². The molecule has 2 aromatic heterocycles. The third-order valence-corrected chi connectivity index (χ3v) is 5.10. The fourth-order valence-electron chi connectivity index (χ4n) is 2.12. The summed E-state index contributed by atoms with van der Waals surface area (Å²) in [6.45, 7) is 3.43. The maximum atomic E-state index is 12.4. The second-order valence-electron chi connectivity index (χ2n) is 5.54. The number of nitrogens with zero attached hydrogens (tertiary/aromatic N) is 2. The SMILES string of the molecule is C.Cc1noc(NS(=O)(=O)c2ccc(NC(=O)c3ccncc3)cc2)c1C. The minimum Gasteiger partial charge on any atom is -0.337 e. The van der Waals surface area contributed by atoms with Gasteiger partial charge in [0, 0.05) is 29.2 Å². The highest BCUT2D eigenvalue weighted by molar-refractivity contribution is 7.92. The Morgan fingerprint density at radius 3 is 2.22 bits per heavy atom. The topological polar surface area (TPSA) is 114 Å². The first-order valence-electron chi connectivity index (χ1n) is 7.64. The largest absolute Gasteiger partial charge is 0.337 e. The summed E-state index contributed by atoms with van der Waals surface area (Å²) < 4.78 is 32.2. The molecule has 0 saturated carbocycles. The van der Waals surface area contributed by atoms with Crippen LogP contribution in [0.5, 0.6) is 0 Å². The van der Waals surface area contributed by atoms with Crippen molar-refractivity contribution >= 4 is 27.5 Å². The Labute approximate surface area is 157 Å². The van der Waals surface area contributed by atoms with Crippen molar-refractivity contribution in [3.63, 3.8) is 0 Å². The summed E-state index contributed by atoms with van der Waals surface area (Å²) in [4.78, 5) is 16.0. The summed E-state index contributed by atoms with van der Waals surface area (Å²) in [6.07, 6.45) is 3.03. The van der Waals surface area contributed by atoms with Crippen molar-refractivity contribution in [2.75, 3.05) is 10.0 Å². The molecular formula is C18H20N4O4S. The van der Waals surface area contributed by atoms with Crippen molar-refractivity contribution in [1.82, 2.24) is 10.1 Å². The Hall–Kier alpha value is -3.20. The van der Waals surface area contributed by atoms with Gasteiger partial charge in [-0.15, -0.1) is 0 Å². The molecule has 0 unspecified atom stereocenters. The quantitative estimate of drug-likeness (QED) is 0.692. The number of aryl methyl sites for hydroxylation is 1. The van der Waals surface area contributed by atoms with Crippen molar-refractivity contribution in [3.05, 3.63) is 65.6 Å². The van der Waals surface area contributed by atoms with Crippen molar-refractivity contribution in [2.24, 2.45) is 0 Å². The Bertz CT molecular complexity index is 1030. The van der Waals surface area contributed by atoms with Gasteiger partial charge in [0.05, 0.1) is 10.6 Å². The van der Waals surface area contributed by atoms with E-state index in [0.717, 1.165) is 0 Å². The van der Waals surface area contributed by atoms with Gasteiger partial charge in [0.2, 0.25) is 5.88 Å². The molecule has 0 aliphatic carbocycles. The van der Waals surface area contributed by atoms with Gasteiger partial charge < -0.3 is 9.84 Å². The number of benzene rings is 1. The average Bonchev–Trinajstić information content (AvgIpc) is 2.94. The number of anilines is 2. The maximum Gasteiger partial charge on any atom is 0.264 e. The predicted octanol–water partition coefficient (Wildman–Crippen LogP) is 3.38. The Morgan fingerprint density at radius 1 is 1.04 bits per heavy atom. The Morgan fingerprint density at radius 2 is 1.67 bits per heavy atom. The van der Waals surface area contributed by atoms with Gasteiger partial charge in [-0.05, 0) is 50.2 Å². The molecule has 27 heavy (non-hydrogen) atoms. The standard InChI is InChI=1S/C17H16N4O4S.CH4/c1-11-12(2)20-25-17(11)21-26(23,24)15-5-3-14(4-6-15)19-16(22)13-7-9-18-10-8-13;/h3-10,21H,1-2H3,(H,19,22);1H4. The smallest absolute Gasteiger partial charge is 0.264 e. The summed E-state index contributed by atoms with van der Waals surface area (Å²) in [6, 6.07) is 8.96. The monoisotopic (exact) mass is 388 g/mol. The Kier molecular flexibility index (Phi) is 5.96. The van der Waals surface area contributed by atoms with Crippen LogP contribution < -0.4 is 10.0 Å². The van der Waals surface area contributed by atoms with Crippen LogP contribution in [0.4, 0.5) is 11.6 Å². The van der Waals surface area contributed by atoms with Crippen molar-refractivity contribution in [2.45, 2.75) is 26.2 Å². The molecule has 0 atom stereocenters. The number of carbonyl (C=O) groups excluding carboxylic acids is 1. The molecule has 8 nitrogen and oxygen atoms in total. The fourth-order valence-corrected chi connectivity index (χ4v) is 3.16. The first-order chi connectivity index (χ1) is 12.4. The molecule has 0 saturated heterocycles. The predicted molar refractivity (Wildman–Crippen MR) is 102 cm³/mol. The molecule has 1 amide bonds. The number of hydrogen-bond acceptors (Lipinski definition) is 6. The molecule has 2 heterocycles. The summed E-state index contributed by atoms with van der Waals surface area (Å²) in [5, 5.41) is 6.40. The maximum absolute atomic E-state index is 12.4. The first kappa shape index (κ1) is 20.1. The molecule has 0 aliphatic heterocycles. The van der Waals surface area contributed by atoms with Crippen LogP contribution >= 0.6 is 0 Å². The minimum atomic E-state index is -3.82. The number of aromatic nitrogens is 2. The highest BCUT2D eigenvalue weighted by Crippen LogP contribution is 2.22. The molecule has 3 rings (SSSR count). The summed E-state index contributed by atoms with van der Waals surface area (Å²) >= 11 is 0. The van der Waals surface area contributed by atoms with Crippen molar-refractivity contribution in [1.29, 1.82) is 0 Å². The van der Waals surface area contributed by atoms with E-state index in [2.05, 4.69) is 20.2 Å². The highest BCUT2D eigenvalue weighted by atomic mass is 32.2. The molecule has 142 valence electrons. The van der Waals surface area contributed by atoms with Crippen LogP contribution in [0, 0.1) is 13.8 Å². The van der Waals surface area contributed by atoms with Crippen molar-refractivity contribution < 1.29 is 17.7 Å². The van der Waals surface area contributed by atoms with Crippen molar-refractivity contribution in [3.8, 4) is 0 Å². The number of rotatable bonds is 5. The molecule has 9 heteroatoms. The minimum absolute atomic E-state index is 0. The second kappa shape index (κ2) is 8.00. The molecule has 3 aromatic rings. The van der Waals surface area contributed by atoms with Crippen LogP contribution in [-0.4, -0.2) is 24.5 Å². The Balaban J connectivity index is 0.00000261. The van der Waals surface area contributed by atoms with E-state index < -0.39 is 10.0 Å². The second-order valence-corrected chi connectivity index (χ2v) is 7.22. The van der Waals surface area contributed by atoms with Gasteiger partial charge in [-0.1, -0.05) is 12.6 Å². The zero-order chi connectivity index (χ0) is 18.7. The normalized spacial score (nSPS) is 10.7. The zero-order valence-corrected chi connectivity index (χ0v) is 14.9. The molecule has 0 spiro atoms. The van der Waals surface area contributed by atoms with Crippen LogP contribution in [0.25, 0.3) is 0 Å². The lowest BCUT2D eigenvalue weighted by Crippen LogP contribution is -2.14. The van der Waals surface area contributed by atoms with Crippen LogP contribution in [0.3, 0.4) is 0 Å². The lowest BCUT2D eigenvalue weighted by atomic mass is 10.2. The van der Waals surface area contributed by atoms with E-state index in [9.17, 15) is 13.2 Å². The van der Waals surface area contributed by atoms with E-state index in [-0.39, 0.29) is 24.1 Å². The number of carbonyl (C=O) groups is 1. The summed E-state index contributed by atoms with van der Waals surface area (Å²) in [5.41, 5.74) is 2.15. The van der Waals surface area contributed by atoms with E-state index in [1.807, 2.05) is 0 Å². The third kappa shape index (κ3) is 4.50. The first-order valence-corrected chi connectivity index (χ1v) is 9.12. The van der Waals surface area contributed by atoms with Gasteiger partial charge >= 0.3 is 0 Å². The summed E-state index contributed by atoms with van der Waals surface area (Å²) in [7, 11) is -3.82. The number of pyridine rings is 1. The molecule has 2 N–H and O–H groups in total. The van der Waals surface area contributed by atoms with Gasteiger partial charge in [0.1, 0.15) is 0 Å². The van der Waals surface area contributed by atoms with Gasteiger partial charge in [-0.2, -0.15) is 0 Å². The number of sulfonamides is 1. The van der Waals surface area contributed by atoms with Gasteiger partial charge in [0.15, 0.2) is 0 Å². The molecule has 1 aromatic carbocycles. The van der Waals surface area contributed by atoms with E-state index in [0.29, 0.717) is 22.5 Å². The fraction of sp³-hybridized carbons (Fsp3) is 0.167. The highest BCUT2D eigenvalue weighted by Gasteiger charge is 2.19. The van der Waals surface area contributed by atoms with Crippen LogP contribution in [0.1, 0.15) is 29.0 Å². The molecular weight excluding hydrogens is 368 g/mol. The van der Waals surface area contributed by atoms with E-state index in [1.54, 1.807) is 26.0 Å². The lowest BCUT2D eigenvalue weighted by molar-refractivity contribution is 0.102. The zero-order valence-electron chi connectivity index (χ0n) is 14.1. The summed E-state index contributed by atoms with van der Waals surface area (Å²) in [5.74, 6) is -0.230. The van der Waals surface area contributed by atoms with Gasteiger partial charge in [-0.25, -0.2) is 13.1 Å². The molecule has 0 fully saturated rings. The number of nitrogens with one attached hydrogen (secondary N) is 2. The van der Waals surface area contributed by atoms with Crippen LogP contribution in [0.2, 0.25) is 0 Å². The van der Waals surface area contributed by atoms with E-state index in [4.69, 9.17) is 4.52 Å². The lowest BCUT2D eigenvalue weighted by Gasteiger charge is -2.08. The molecule has 0 aliphatic rings. The van der Waals surface area contributed by atoms with Gasteiger partial charge in [0.25, 0.3) is 15.9 Å². The van der Waals surface area contributed by atoms with Crippen LogP contribution in [-0.2, 0) is 10.0 Å². The van der Waals surface area contributed by atoms with Gasteiger partial charge in [-0.3, -0.25) is 9.78 Å². The third-order valence-electron chi connectivity index (χ3n) is 3.75. The van der Waals surface area contributed by atoms with Crippen LogP contribution in [0.15, 0.2) is 58.2 Å². The average molecular weight is 388 g/mol. The number of hydrogen-bond donors (Lipinski definition) is 2. The molecule has 0 radical (unpaired) electrons. The van der Waals surface area contributed by atoms with E-state index in [1.165, 1.54) is 36.7 Å². The molecule has 0 bridgehead atoms.